The Morgan fingerprint density at radius 1 is 0.786 bits per heavy atom. The van der Waals surface area contributed by atoms with Gasteiger partial charge in [0.25, 0.3) is 0 Å². The van der Waals surface area contributed by atoms with Gasteiger partial charge in [-0.15, -0.1) is 0 Å². The van der Waals surface area contributed by atoms with Gasteiger partial charge in [0.2, 0.25) is 0 Å². The second-order valence-corrected chi connectivity index (χ2v) is 4.48. The first-order chi connectivity index (χ1) is 6.75. The van der Waals surface area contributed by atoms with Crippen molar-refractivity contribution >= 4 is 0 Å². The van der Waals surface area contributed by atoms with Crippen molar-refractivity contribution in [1.82, 2.24) is 0 Å². The number of hydrogen-bond acceptors (Lipinski definition) is 3. The Bertz CT molecular complexity index is 147. The standard InChI is InChI=1S/C11H20O3/c1-8-3-4-10(5-12-8)11-6-13-9(2)14-7-11/h8-11H,3-7H2,1-2H3. The zero-order chi connectivity index (χ0) is 9.97. The Morgan fingerprint density at radius 2 is 1.43 bits per heavy atom. The third kappa shape index (κ3) is 2.47. The molecule has 2 saturated heterocycles. The van der Waals surface area contributed by atoms with Gasteiger partial charge in [-0.2, -0.15) is 0 Å². The van der Waals surface area contributed by atoms with Crippen molar-refractivity contribution in [3.05, 3.63) is 0 Å². The van der Waals surface area contributed by atoms with Crippen LogP contribution in [-0.2, 0) is 14.2 Å². The van der Waals surface area contributed by atoms with Crippen LogP contribution in [0.3, 0.4) is 0 Å². The van der Waals surface area contributed by atoms with E-state index in [4.69, 9.17) is 14.2 Å². The minimum atomic E-state index is -0.0188. The normalized spacial score (nSPS) is 45.0. The van der Waals surface area contributed by atoms with E-state index in [0.29, 0.717) is 17.9 Å². The predicted molar refractivity (Wildman–Crippen MR) is 53.0 cm³/mol. The fourth-order valence-corrected chi connectivity index (χ4v) is 2.16. The summed E-state index contributed by atoms with van der Waals surface area (Å²) in [5, 5.41) is 0. The Balaban J connectivity index is 1.78. The fourth-order valence-electron chi connectivity index (χ4n) is 2.16. The topological polar surface area (TPSA) is 27.7 Å². The van der Waals surface area contributed by atoms with Crippen LogP contribution in [-0.4, -0.2) is 32.2 Å². The molecular weight excluding hydrogens is 180 g/mol. The van der Waals surface area contributed by atoms with Crippen LogP contribution in [0.25, 0.3) is 0 Å². The van der Waals surface area contributed by atoms with Crippen molar-refractivity contribution in [3.8, 4) is 0 Å². The van der Waals surface area contributed by atoms with Crippen LogP contribution >= 0.6 is 0 Å². The highest BCUT2D eigenvalue weighted by molar-refractivity contribution is 4.76. The summed E-state index contributed by atoms with van der Waals surface area (Å²) in [4.78, 5) is 0. The molecule has 2 aliphatic heterocycles. The third-order valence-electron chi connectivity index (χ3n) is 3.30. The average Bonchev–Trinajstić information content (AvgIpc) is 2.21. The molecule has 14 heavy (non-hydrogen) atoms. The molecule has 0 aromatic carbocycles. The average molecular weight is 200 g/mol. The molecule has 0 N–H and O–H groups in total. The van der Waals surface area contributed by atoms with Crippen LogP contribution in [0.2, 0.25) is 0 Å². The molecule has 0 aromatic heterocycles. The maximum absolute atomic E-state index is 5.66. The highest BCUT2D eigenvalue weighted by atomic mass is 16.7. The molecule has 2 heterocycles. The summed E-state index contributed by atoms with van der Waals surface area (Å²) in [5.41, 5.74) is 0. The van der Waals surface area contributed by atoms with Gasteiger partial charge in [0.05, 0.1) is 25.9 Å². The maximum atomic E-state index is 5.66. The molecule has 3 nitrogen and oxygen atoms in total. The van der Waals surface area contributed by atoms with E-state index in [1.165, 1.54) is 12.8 Å². The van der Waals surface area contributed by atoms with Gasteiger partial charge in [-0.1, -0.05) is 0 Å². The Kier molecular flexibility index (Phi) is 3.42. The van der Waals surface area contributed by atoms with Crippen molar-refractivity contribution < 1.29 is 14.2 Å². The van der Waals surface area contributed by atoms with E-state index in [-0.39, 0.29) is 6.29 Å². The van der Waals surface area contributed by atoms with Crippen molar-refractivity contribution in [2.75, 3.05) is 19.8 Å². The molecule has 2 rings (SSSR count). The van der Waals surface area contributed by atoms with E-state index < -0.39 is 0 Å². The fraction of sp³-hybridized carbons (Fsp3) is 1.00. The molecule has 0 bridgehead atoms. The van der Waals surface area contributed by atoms with E-state index in [1.807, 2.05) is 6.92 Å². The maximum Gasteiger partial charge on any atom is 0.154 e. The monoisotopic (exact) mass is 200 g/mol. The van der Waals surface area contributed by atoms with Crippen LogP contribution in [0.15, 0.2) is 0 Å². The summed E-state index contributed by atoms with van der Waals surface area (Å²) < 4.78 is 16.6. The number of hydrogen-bond donors (Lipinski definition) is 0. The van der Waals surface area contributed by atoms with Crippen LogP contribution in [0, 0.1) is 11.8 Å². The quantitative estimate of drug-likeness (QED) is 0.646. The van der Waals surface area contributed by atoms with E-state index in [0.717, 1.165) is 19.8 Å². The summed E-state index contributed by atoms with van der Waals surface area (Å²) >= 11 is 0. The molecule has 0 saturated carbocycles. The van der Waals surface area contributed by atoms with Gasteiger partial charge in [-0.3, -0.25) is 0 Å². The lowest BCUT2D eigenvalue weighted by molar-refractivity contribution is -0.205. The molecule has 0 aliphatic carbocycles. The lowest BCUT2D eigenvalue weighted by atomic mass is 9.87. The van der Waals surface area contributed by atoms with Crippen molar-refractivity contribution in [1.29, 1.82) is 0 Å². The predicted octanol–water partition coefficient (Wildman–Crippen LogP) is 1.81. The largest absolute Gasteiger partial charge is 0.378 e. The van der Waals surface area contributed by atoms with Crippen LogP contribution < -0.4 is 0 Å². The van der Waals surface area contributed by atoms with Gasteiger partial charge in [0, 0.05) is 5.92 Å². The van der Waals surface area contributed by atoms with Crippen LogP contribution in [0.1, 0.15) is 26.7 Å². The molecule has 0 aromatic rings. The molecule has 2 atom stereocenters. The number of rotatable bonds is 1. The second kappa shape index (κ2) is 4.60. The van der Waals surface area contributed by atoms with Crippen molar-refractivity contribution in [2.24, 2.45) is 11.8 Å². The summed E-state index contributed by atoms with van der Waals surface area (Å²) in [5.74, 6) is 1.18. The van der Waals surface area contributed by atoms with Gasteiger partial charge < -0.3 is 14.2 Å². The summed E-state index contributed by atoms with van der Waals surface area (Å²) in [6.45, 7) is 6.65. The minimum Gasteiger partial charge on any atom is -0.378 e. The van der Waals surface area contributed by atoms with Gasteiger partial charge in [0.1, 0.15) is 0 Å². The van der Waals surface area contributed by atoms with E-state index >= 15 is 0 Å². The van der Waals surface area contributed by atoms with E-state index in [2.05, 4.69) is 6.92 Å². The van der Waals surface area contributed by atoms with Gasteiger partial charge in [-0.25, -0.2) is 0 Å². The molecule has 2 fully saturated rings. The second-order valence-electron chi connectivity index (χ2n) is 4.48. The zero-order valence-corrected chi connectivity index (χ0v) is 9.07. The lowest BCUT2D eigenvalue weighted by Crippen LogP contribution is -2.38. The van der Waals surface area contributed by atoms with Crippen LogP contribution in [0.5, 0.6) is 0 Å². The molecule has 82 valence electrons. The van der Waals surface area contributed by atoms with Gasteiger partial charge in [-0.05, 0) is 32.6 Å². The molecule has 2 aliphatic rings. The Morgan fingerprint density at radius 3 is 2.00 bits per heavy atom. The van der Waals surface area contributed by atoms with Gasteiger partial charge in [0.15, 0.2) is 6.29 Å². The van der Waals surface area contributed by atoms with Gasteiger partial charge >= 0.3 is 0 Å². The minimum absolute atomic E-state index is 0.0188. The first kappa shape index (κ1) is 10.4. The Hall–Kier alpha value is -0.120. The molecular formula is C11H20O3. The van der Waals surface area contributed by atoms with Crippen molar-refractivity contribution in [2.45, 2.75) is 39.1 Å². The third-order valence-corrected chi connectivity index (χ3v) is 3.30. The first-order valence-corrected chi connectivity index (χ1v) is 5.60. The highest BCUT2D eigenvalue weighted by Gasteiger charge is 2.30. The highest BCUT2D eigenvalue weighted by Crippen LogP contribution is 2.28. The van der Waals surface area contributed by atoms with Crippen LogP contribution in [0.4, 0.5) is 0 Å². The molecule has 0 spiro atoms. The molecule has 0 amide bonds. The summed E-state index contributed by atoms with van der Waals surface area (Å²) in [6, 6.07) is 0. The summed E-state index contributed by atoms with van der Waals surface area (Å²) in [6.07, 6.45) is 2.86. The van der Waals surface area contributed by atoms with E-state index in [1.54, 1.807) is 0 Å². The number of ether oxygens (including phenoxy) is 3. The molecule has 0 radical (unpaired) electrons. The smallest absolute Gasteiger partial charge is 0.154 e. The summed E-state index contributed by atoms with van der Waals surface area (Å²) in [7, 11) is 0. The molecule has 2 unspecified atom stereocenters. The SMILES string of the molecule is CC1CCC(C2COC(C)OC2)CO1. The first-order valence-electron chi connectivity index (χ1n) is 5.60. The Labute approximate surface area is 85.7 Å². The van der Waals surface area contributed by atoms with E-state index in [9.17, 15) is 0 Å². The lowest BCUT2D eigenvalue weighted by Gasteiger charge is -2.36. The zero-order valence-electron chi connectivity index (χ0n) is 9.07. The van der Waals surface area contributed by atoms with Crippen molar-refractivity contribution in [3.63, 3.8) is 0 Å². The molecule has 3 heteroatoms.